The van der Waals surface area contributed by atoms with Crippen LogP contribution in [0.15, 0.2) is 16.7 Å². The highest BCUT2D eigenvalue weighted by atomic mass is 79.9. The summed E-state index contributed by atoms with van der Waals surface area (Å²) in [5.41, 5.74) is 1.15. The van der Waals surface area contributed by atoms with Gasteiger partial charge in [0.2, 0.25) is 0 Å². The van der Waals surface area contributed by atoms with Crippen molar-refractivity contribution in [1.82, 2.24) is 4.98 Å². The minimum atomic E-state index is 0.0270. The molecule has 0 aliphatic rings. The molecular weight excluding hydrogens is 272 g/mol. The molecule has 1 aromatic rings. The molecule has 4 nitrogen and oxygen atoms in total. The van der Waals surface area contributed by atoms with Gasteiger partial charge in [-0.2, -0.15) is 0 Å². The van der Waals surface area contributed by atoms with Crippen molar-refractivity contribution in [3.63, 3.8) is 0 Å². The quantitative estimate of drug-likeness (QED) is 0.872. The van der Waals surface area contributed by atoms with Crippen LogP contribution in [0.1, 0.15) is 5.56 Å². The van der Waals surface area contributed by atoms with E-state index in [-0.39, 0.29) is 6.10 Å². The van der Waals surface area contributed by atoms with Gasteiger partial charge in [-0.3, -0.25) is 0 Å². The third-order valence-electron chi connectivity index (χ3n) is 2.27. The number of nitrogens with one attached hydrogen (secondary N) is 1. The molecule has 0 spiro atoms. The summed E-state index contributed by atoms with van der Waals surface area (Å²) in [6.45, 7) is 3.26. The van der Waals surface area contributed by atoms with E-state index in [1.54, 1.807) is 20.4 Å². The molecule has 1 heterocycles. The number of nitrogens with zero attached hydrogens (tertiary/aromatic N) is 1. The van der Waals surface area contributed by atoms with Crippen molar-refractivity contribution in [1.29, 1.82) is 0 Å². The molecule has 1 unspecified atom stereocenters. The first-order valence-corrected chi connectivity index (χ1v) is 5.85. The van der Waals surface area contributed by atoms with E-state index in [0.29, 0.717) is 13.2 Å². The Kier molecular flexibility index (Phi) is 5.73. The van der Waals surface area contributed by atoms with Crippen molar-refractivity contribution < 1.29 is 9.47 Å². The van der Waals surface area contributed by atoms with Crippen molar-refractivity contribution in [3.05, 3.63) is 22.3 Å². The van der Waals surface area contributed by atoms with E-state index < -0.39 is 0 Å². The fourth-order valence-corrected chi connectivity index (χ4v) is 1.64. The first-order chi connectivity index (χ1) is 7.69. The van der Waals surface area contributed by atoms with Gasteiger partial charge < -0.3 is 14.8 Å². The number of aryl methyl sites for hydroxylation is 1. The molecule has 1 aromatic heterocycles. The molecule has 0 bridgehead atoms. The number of hydrogen-bond donors (Lipinski definition) is 1. The van der Waals surface area contributed by atoms with Crippen LogP contribution in [0.3, 0.4) is 0 Å². The molecule has 0 fully saturated rings. The molecule has 0 saturated carbocycles. The van der Waals surface area contributed by atoms with Gasteiger partial charge in [-0.15, -0.1) is 0 Å². The van der Waals surface area contributed by atoms with E-state index in [0.717, 1.165) is 15.9 Å². The van der Waals surface area contributed by atoms with Crippen molar-refractivity contribution in [2.24, 2.45) is 0 Å². The van der Waals surface area contributed by atoms with Crippen LogP contribution < -0.4 is 5.32 Å². The lowest BCUT2D eigenvalue weighted by Crippen LogP contribution is -2.27. The Labute approximate surface area is 104 Å². The normalized spacial score (nSPS) is 12.5. The Bertz CT molecular complexity index is 334. The Balaban J connectivity index is 2.56. The number of halogens is 1. The Morgan fingerprint density at radius 3 is 2.88 bits per heavy atom. The second-order valence-electron chi connectivity index (χ2n) is 3.48. The number of hydrogen-bond acceptors (Lipinski definition) is 4. The van der Waals surface area contributed by atoms with Crippen molar-refractivity contribution >= 4 is 21.7 Å². The molecular formula is C11H17BrN2O2. The molecule has 5 heteroatoms. The standard InChI is InChI=1S/C11H17BrN2O2/c1-8-4-5-13-11(10(8)12)14-6-9(16-3)7-15-2/h4-5,9H,6-7H2,1-3H3,(H,13,14). The number of anilines is 1. The van der Waals surface area contributed by atoms with Gasteiger partial charge in [-0.05, 0) is 34.5 Å². The lowest BCUT2D eigenvalue weighted by atomic mass is 10.3. The zero-order valence-electron chi connectivity index (χ0n) is 9.79. The molecule has 0 aromatic carbocycles. The predicted molar refractivity (Wildman–Crippen MR) is 67.8 cm³/mol. The Hall–Kier alpha value is -0.650. The van der Waals surface area contributed by atoms with Gasteiger partial charge in [0.05, 0.1) is 17.2 Å². The fraction of sp³-hybridized carbons (Fsp3) is 0.545. The molecule has 0 aliphatic carbocycles. The maximum Gasteiger partial charge on any atom is 0.140 e. The number of pyridine rings is 1. The number of ether oxygens (including phenoxy) is 2. The van der Waals surface area contributed by atoms with Crippen LogP contribution >= 0.6 is 15.9 Å². The van der Waals surface area contributed by atoms with Crippen LogP contribution in [0.5, 0.6) is 0 Å². The molecule has 0 amide bonds. The molecule has 1 N–H and O–H groups in total. The van der Waals surface area contributed by atoms with Crippen LogP contribution in [0.4, 0.5) is 5.82 Å². The summed E-state index contributed by atoms with van der Waals surface area (Å²) in [6, 6.07) is 1.96. The first kappa shape index (κ1) is 13.4. The van der Waals surface area contributed by atoms with E-state index in [9.17, 15) is 0 Å². The van der Waals surface area contributed by atoms with Crippen LogP contribution in [-0.2, 0) is 9.47 Å². The largest absolute Gasteiger partial charge is 0.382 e. The van der Waals surface area contributed by atoms with Gasteiger partial charge in [0, 0.05) is 27.0 Å². The third kappa shape index (κ3) is 3.73. The molecule has 16 heavy (non-hydrogen) atoms. The highest BCUT2D eigenvalue weighted by Crippen LogP contribution is 2.23. The molecule has 0 aliphatic heterocycles. The average Bonchev–Trinajstić information content (AvgIpc) is 2.29. The summed E-state index contributed by atoms with van der Waals surface area (Å²) in [7, 11) is 3.33. The second-order valence-corrected chi connectivity index (χ2v) is 4.28. The summed E-state index contributed by atoms with van der Waals surface area (Å²) < 4.78 is 11.3. The first-order valence-electron chi connectivity index (χ1n) is 5.05. The third-order valence-corrected chi connectivity index (χ3v) is 3.27. The summed E-state index contributed by atoms with van der Waals surface area (Å²) in [5, 5.41) is 3.23. The Morgan fingerprint density at radius 1 is 1.50 bits per heavy atom. The molecule has 90 valence electrons. The summed E-state index contributed by atoms with van der Waals surface area (Å²) in [6.07, 6.45) is 1.81. The smallest absolute Gasteiger partial charge is 0.140 e. The van der Waals surface area contributed by atoms with Gasteiger partial charge >= 0.3 is 0 Å². The van der Waals surface area contributed by atoms with Crippen molar-refractivity contribution in [2.75, 3.05) is 32.7 Å². The van der Waals surface area contributed by atoms with Crippen molar-refractivity contribution in [2.45, 2.75) is 13.0 Å². The van der Waals surface area contributed by atoms with Gasteiger partial charge in [-0.25, -0.2) is 4.98 Å². The number of aromatic nitrogens is 1. The van der Waals surface area contributed by atoms with Crippen LogP contribution in [0.25, 0.3) is 0 Å². The van der Waals surface area contributed by atoms with Gasteiger partial charge in [-0.1, -0.05) is 0 Å². The Morgan fingerprint density at radius 2 is 2.25 bits per heavy atom. The van der Waals surface area contributed by atoms with Gasteiger partial charge in [0.15, 0.2) is 0 Å². The van der Waals surface area contributed by atoms with Crippen molar-refractivity contribution in [3.8, 4) is 0 Å². The topological polar surface area (TPSA) is 43.4 Å². The van der Waals surface area contributed by atoms with Gasteiger partial charge in [0.25, 0.3) is 0 Å². The summed E-state index contributed by atoms with van der Waals surface area (Å²) >= 11 is 3.49. The van der Waals surface area contributed by atoms with E-state index >= 15 is 0 Å². The van der Waals surface area contributed by atoms with Crippen LogP contribution in [0, 0.1) is 6.92 Å². The van der Waals surface area contributed by atoms with E-state index in [2.05, 4.69) is 26.2 Å². The van der Waals surface area contributed by atoms with Crippen LogP contribution in [-0.4, -0.2) is 38.5 Å². The predicted octanol–water partition coefficient (Wildman–Crippen LogP) is 2.23. The van der Waals surface area contributed by atoms with E-state index in [1.807, 2.05) is 13.0 Å². The fourth-order valence-electron chi connectivity index (χ4n) is 1.27. The second kappa shape index (κ2) is 6.83. The molecule has 0 saturated heterocycles. The highest BCUT2D eigenvalue weighted by Gasteiger charge is 2.09. The summed E-state index contributed by atoms with van der Waals surface area (Å²) in [5.74, 6) is 0.832. The minimum Gasteiger partial charge on any atom is -0.382 e. The zero-order chi connectivity index (χ0) is 12.0. The SMILES string of the molecule is COCC(CNc1nccc(C)c1Br)OC. The average molecular weight is 289 g/mol. The van der Waals surface area contributed by atoms with Gasteiger partial charge in [0.1, 0.15) is 5.82 Å². The molecule has 0 radical (unpaired) electrons. The zero-order valence-corrected chi connectivity index (χ0v) is 11.4. The highest BCUT2D eigenvalue weighted by molar-refractivity contribution is 9.10. The lowest BCUT2D eigenvalue weighted by molar-refractivity contribution is 0.0365. The lowest BCUT2D eigenvalue weighted by Gasteiger charge is -2.16. The minimum absolute atomic E-state index is 0.0270. The maximum absolute atomic E-state index is 5.25. The molecule has 1 atom stereocenters. The number of rotatable bonds is 6. The molecule has 1 rings (SSSR count). The maximum atomic E-state index is 5.25. The number of methoxy groups -OCH3 is 2. The monoisotopic (exact) mass is 288 g/mol. The van der Waals surface area contributed by atoms with Crippen LogP contribution in [0.2, 0.25) is 0 Å². The summed E-state index contributed by atoms with van der Waals surface area (Å²) in [4.78, 5) is 4.25. The van der Waals surface area contributed by atoms with E-state index in [1.165, 1.54) is 0 Å². The van der Waals surface area contributed by atoms with E-state index in [4.69, 9.17) is 9.47 Å².